The Hall–Kier alpha value is -3.65. The lowest BCUT2D eigenvalue weighted by Gasteiger charge is -2.44. The van der Waals surface area contributed by atoms with Gasteiger partial charge in [0.25, 0.3) is 0 Å². The Morgan fingerprint density at radius 2 is 1.94 bits per heavy atom. The number of halogens is 1. The van der Waals surface area contributed by atoms with Crippen LogP contribution < -0.4 is 20.1 Å². The van der Waals surface area contributed by atoms with Crippen molar-refractivity contribution in [2.75, 3.05) is 30.4 Å². The number of aryl methyl sites for hydroxylation is 1. The van der Waals surface area contributed by atoms with Gasteiger partial charge in [-0.15, -0.1) is 0 Å². The molecule has 0 amide bonds. The highest BCUT2D eigenvalue weighted by molar-refractivity contribution is 7.99. The highest BCUT2D eigenvalue weighted by atomic mass is 35.5. The molecule has 1 spiro atoms. The fraction of sp³-hybridized carbons (Fsp3) is 0.444. The number of piperidine rings is 1. The molecule has 4 aromatic heterocycles. The Bertz CT molecular complexity index is 2070. The number of nitrogens with zero attached hydrogens (tertiary/aromatic N) is 7. The fourth-order valence-electron chi connectivity index (χ4n) is 8.11. The number of rotatable bonds is 10. The summed E-state index contributed by atoms with van der Waals surface area (Å²) in [6.07, 6.45) is 13.5. The smallest absolute Gasteiger partial charge is 0.154 e. The maximum atomic E-state index is 12.6. The van der Waals surface area contributed by atoms with Gasteiger partial charge in [0.2, 0.25) is 0 Å². The molecule has 0 saturated carbocycles. The SMILES string of the molecule is COc1ccc(CNc2nccc(Sc3cnc(N4CCC5(CC4)Cn4nc6c(c4[C@H]5CC(C)(C)S(N)=O)CCC6)c4cncn34)c2Cl)cc1. The largest absolute Gasteiger partial charge is 0.497 e. The normalized spacial score (nSPS) is 18.8. The zero-order chi connectivity index (χ0) is 34.6. The number of nitrogens with two attached hydrogens (primary N) is 1. The summed E-state index contributed by atoms with van der Waals surface area (Å²) in [5.74, 6) is 2.66. The number of hydrogen-bond acceptors (Lipinski definition) is 9. The Kier molecular flexibility index (Phi) is 8.81. The molecule has 6 heterocycles. The van der Waals surface area contributed by atoms with E-state index < -0.39 is 15.7 Å². The summed E-state index contributed by atoms with van der Waals surface area (Å²) in [5.41, 5.74) is 6.20. The highest BCUT2D eigenvalue weighted by Crippen LogP contribution is 2.56. The second-order valence-corrected chi connectivity index (χ2v) is 17.5. The van der Waals surface area contributed by atoms with Gasteiger partial charge in [-0.2, -0.15) is 5.10 Å². The number of aromatic nitrogens is 6. The van der Waals surface area contributed by atoms with Crippen LogP contribution in [0.3, 0.4) is 0 Å². The first-order chi connectivity index (χ1) is 24.2. The summed E-state index contributed by atoms with van der Waals surface area (Å²) >= 11 is 8.43. The van der Waals surface area contributed by atoms with E-state index in [1.165, 1.54) is 35.1 Å². The van der Waals surface area contributed by atoms with Crippen LogP contribution >= 0.6 is 23.4 Å². The molecule has 14 heteroatoms. The lowest BCUT2D eigenvalue weighted by molar-refractivity contribution is 0.155. The van der Waals surface area contributed by atoms with Crippen LogP contribution in [0, 0.1) is 5.41 Å². The fourth-order valence-corrected chi connectivity index (χ4v) is 9.62. The second kappa shape index (κ2) is 13.2. The first kappa shape index (κ1) is 33.5. The van der Waals surface area contributed by atoms with Crippen molar-refractivity contribution in [1.82, 2.24) is 29.1 Å². The van der Waals surface area contributed by atoms with Crippen LogP contribution in [0.2, 0.25) is 5.02 Å². The van der Waals surface area contributed by atoms with E-state index in [4.69, 9.17) is 31.6 Å². The molecule has 8 rings (SSSR count). The Morgan fingerprint density at radius 3 is 2.70 bits per heavy atom. The molecular weight excluding hydrogens is 690 g/mol. The number of pyridine rings is 1. The van der Waals surface area contributed by atoms with E-state index >= 15 is 0 Å². The van der Waals surface area contributed by atoms with E-state index in [2.05, 4.69) is 29.3 Å². The minimum atomic E-state index is -1.42. The van der Waals surface area contributed by atoms with Gasteiger partial charge in [0.05, 0.1) is 46.0 Å². The maximum absolute atomic E-state index is 12.6. The molecule has 5 aromatic rings. The van der Waals surface area contributed by atoms with Crippen LogP contribution in [0.15, 0.2) is 65.2 Å². The lowest BCUT2D eigenvalue weighted by atomic mass is 9.66. The number of methoxy groups -OCH3 is 1. The van der Waals surface area contributed by atoms with Crippen molar-refractivity contribution >= 4 is 51.5 Å². The molecular formula is C36H42ClN9O2S2. The number of hydrogen-bond donors (Lipinski definition) is 2. The van der Waals surface area contributed by atoms with E-state index in [9.17, 15) is 4.21 Å². The standard InChI is InChI=1S/C36H42ClN9O2S2/c1-35(2,50(38)47)17-26-32-25-5-4-6-27(25)43-46(32)21-36(26)12-15-44(16-13-36)34-28-19-39-22-45(28)30(20-42-34)49-29-11-14-40-33(31(29)37)41-18-23-7-9-24(48-3)10-8-23/h7-11,14,19-20,22,26H,4-6,12-13,15-18,21,38H2,1-3H3,(H,40,41)/t26-,50?/m1/s1. The third-order valence-electron chi connectivity index (χ3n) is 10.9. The first-order valence-corrected chi connectivity index (χ1v) is 19.6. The van der Waals surface area contributed by atoms with Gasteiger partial charge in [-0.25, -0.2) is 19.2 Å². The van der Waals surface area contributed by atoms with E-state index in [1.54, 1.807) is 13.3 Å². The quantitative estimate of drug-likeness (QED) is 0.168. The number of fused-ring (bicyclic) bond motifs is 4. The molecule has 3 aliphatic rings. The van der Waals surface area contributed by atoms with E-state index in [0.29, 0.717) is 17.4 Å². The van der Waals surface area contributed by atoms with Gasteiger partial charge in [0.1, 0.15) is 28.4 Å². The number of nitrogens with one attached hydrogen (secondary N) is 1. The number of anilines is 2. The number of ether oxygens (including phenoxy) is 1. The highest BCUT2D eigenvalue weighted by Gasteiger charge is 2.52. The molecule has 1 aliphatic carbocycles. The summed E-state index contributed by atoms with van der Waals surface area (Å²) in [6, 6.07) is 9.83. The van der Waals surface area contributed by atoms with Crippen molar-refractivity contribution in [1.29, 1.82) is 0 Å². The average Bonchev–Trinajstić information content (AvgIpc) is 3.90. The van der Waals surface area contributed by atoms with Crippen LogP contribution in [-0.2, 0) is 36.9 Å². The van der Waals surface area contributed by atoms with Crippen molar-refractivity contribution in [3.63, 3.8) is 0 Å². The minimum Gasteiger partial charge on any atom is -0.497 e. The molecule has 1 fully saturated rings. The van der Waals surface area contributed by atoms with Crippen LogP contribution in [-0.4, -0.2) is 58.3 Å². The Labute approximate surface area is 304 Å². The Balaban J connectivity index is 1.000. The third kappa shape index (κ3) is 5.95. The molecule has 50 heavy (non-hydrogen) atoms. The van der Waals surface area contributed by atoms with Crippen LogP contribution in [0.25, 0.3) is 5.52 Å². The van der Waals surface area contributed by atoms with Gasteiger partial charge in [-0.1, -0.05) is 35.5 Å². The third-order valence-corrected chi connectivity index (χ3v) is 13.8. The predicted octanol–water partition coefficient (Wildman–Crippen LogP) is 6.41. The van der Waals surface area contributed by atoms with E-state index in [-0.39, 0.29) is 11.3 Å². The second-order valence-electron chi connectivity index (χ2n) is 14.3. The Morgan fingerprint density at radius 1 is 1.14 bits per heavy atom. The number of benzene rings is 1. The monoisotopic (exact) mass is 731 g/mol. The van der Waals surface area contributed by atoms with Crippen molar-refractivity contribution in [2.45, 2.75) is 86.0 Å². The molecule has 2 aliphatic heterocycles. The van der Waals surface area contributed by atoms with Crippen molar-refractivity contribution < 1.29 is 8.95 Å². The van der Waals surface area contributed by atoms with Crippen LogP contribution in [0.5, 0.6) is 5.75 Å². The molecule has 1 aromatic carbocycles. The molecule has 1 unspecified atom stereocenters. The van der Waals surface area contributed by atoms with Gasteiger partial charge in [0.15, 0.2) is 5.82 Å². The zero-order valence-corrected chi connectivity index (χ0v) is 31.0. The zero-order valence-electron chi connectivity index (χ0n) is 28.6. The van der Waals surface area contributed by atoms with Crippen molar-refractivity contribution in [3.05, 3.63) is 82.8 Å². The van der Waals surface area contributed by atoms with Gasteiger partial charge in [0, 0.05) is 54.3 Å². The molecule has 3 N–H and O–H groups in total. The van der Waals surface area contributed by atoms with E-state index in [1.807, 2.05) is 62.9 Å². The molecule has 11 nitrogen and oxygen atoms in total. The average molecular weight is 732 g/mol. The van der Waals surface area contributed by atoms with Gasteiger partial charge < -0.3 is 15.0 Å². The van der Waals surface area contributed by atoms with Crippen molar-refractivity contribution in [2.24, 2.45) is 10.6 Å². The molecule has 2 atom stereocenters. The number of imidazole rings is 1. The molecule has 0 radical (unpaired) electrons. The molecule has 0 bridgehead atoms. The molecule has 262 valence electrons. The summed E-state index contributed by atoms with van der Waals surface area (Å²) in [5, 5.41) is 16.0. The van der Waals surface area contributed by atoms with Crippen LogP contribution in [0.4, 0.5) is 11.6 Å². The molecule has 1 saturated heterocycles. The summed E-state index contributed by atoms with van der Waals surface area (Å²) < 4.78 is 21.8. The summed E-state index contributed by atoms with van der Waals surface area (Å²) in [4.78, 5) is 17.3. The summed E-state index contributed by atoms with van der Waals surface area (Å²) in [6.45, 7) is 7.33. The lowest BCUT2D eigenvalue weighted by Crippen LogP contribution is -2.45. The van der Waals surface area contributed by atoms with Gasteiger partial charge in [-0.05, 0) is 81.7 Å². The first-order valence-electron chi connectivity index (χ1n) is 17.2. The van der Waals surface area contributed by atoms with E-state index in [0.717, 1.165) is 84.3 Å². The van der Waals surface area contributed by atoms with Crippen LogP contribution in [0.1, 0.15) is 68.0 Å². The van der Waals surface area contributed by atoms with Gasteiger partial charge >= 0.3 is 0 Å². The maximum Gasteiger partial charge on any atom is 0.154 e. The van der Waals surface area contributed by atoms with Gasteiger partial charge in [-0.3, -0.25) is 14.2 Å². The minimum absolute atomic E-state index is 0.0522. The topological polar surface area (TPSA) is 128 Å². The predicted molar refractivity (Wildman–Crippen MR) is 199 cm³/mol. The van der Waals surface area contributed by atoms with Crippen molar-refractivity contribution in [3.8, 4) is 5.75 Å². The summed E-state index contributed by atoms with van der Waals surface area (Å²) in [7, 11) is 0.244.